The molecule has 0 aromatic heterocycles. The molecule has 0 saturated carbocycles. The van der Waals surface area contributed by atoms with E-state index in [0.29, 0.717) is 36.8 Å². The first-order valence-electron chi connectivity index (χ1n) is 9.23. The Kier molecular flexibility index (Phi) is 5.48. The Morgan fingerprint density at radius 1 is 1.03 bits per heavy atom. The molecule has 2 aromatic carbocycles. The van der Waals surface area contributed by atoms with Gasteiger partial charge in [-0.1, -0.05) is 41.9 Å². The number of anilines is 1. The number of para-hydroxylation sites is 1. The molecule has 1 saturated heterocycles. The minimum absolute atomic E-state index is 0.136. The van der Waals surface area contributed by atoms with Gasteiger partial charge in [-0.15, -0.1) is 0 Å². The van der Waals surface area contributed by atoms with Gasteiger partial charge in [0.1, 0.15) is 0 Å². The van der Waals surface area contributed by atoms with E-state index < -0.39 is 5.97 Å². The third kappa shape index (κ3) is 4.41. The van der Waals surface area contributed by atoms with E-state index in [2.05, 4.69) is 10.3 Å². The number of cyclic esters (lactones) is 1. The Morgan fingerprint density at radius 2 is 1.72 bits per heavy atom. The molecule has 4 rings (SSSR count). The molecule has 2 heterocycles. The molecule has 0 unspecified atom stereocenters. The highest BCUT2D eigenvalue weighted by atomic mass is 35.5. The molecule has 29 heavy (non-hydrogen) atoms. The number of benzene rings is 2. The second-order valence-corrected chi connectivity index (χ2v) is 7.03. The van der Waals surface area contributed by atoms with Gasteiger partial charge in [0.2, 0.25) is 5.90 Å². The Morgan fingerprint density at radius 3 is 2.45 bits per heavy atom. The smallest absolute Gasteiger partial charge is 0.365 e. The highest BCUT2D eigenvalue weighted by Gasteiger charge is 2.27. The zero-order chi connectivity index (χ0) is 20.2. The molecule has 0 atom stereocenters. The van der Waals surface area contributed by atoms with Crippen LogP contribution in [0.2, 0.25) is 5.02 Å². The summed E-state index contributed by atoms with van der Waals surface area (Å²) in [6, 6.07) is 16.3. The van der Waals surface area contributed by atoms with Crippen LogP contribution >= 0.6 is 11.6 Å². The molecule has 2 aliphatic rings. The maximum Gasteiger partial charge on any atom is 0.365 e. The van der Waals surface area contributed by atoms with Crippen molar-refractivity contribution in [2.24, 2.45) is 4.99 Å². The van der Waals surface area contributed by atoms with Gasteiger partial charge in [-0.05, 0) is 24.3 Å². The summed E-state index contributed by atoms with van der Waals surface area (Å²) in [6.07, 6.45) is 1.68. The lowest BCUT2D eigenvalue weighted by Gasteiger charge is -2.34. The highest BCUT2D eigenvalue weighted by Crippen LogP contribution is 2.22. The van der Waals surface area contributed by atoms with Crippen LogP contribution < -0.4 is 5.32 Å². The van der Waals surface area contributed by atoms with Gasteiger partial charge in [0.15, 0.2) is 5.70 Å². The number of amides is 2. The Balaban J connectivity index is 1.37. The fraction of sp³-hybridized carbons (Fsp3) is 0.190. The van der Waals surface area contributed by atoms with Gasteiger partial charge in [-0.3, -0.25) is 0 Å². The van der Waals surface area contributed by atoms with Crippen LogP contribution in [0.1, 0.15) is 5.56 Å². The SMILES string of the molecule is O=C1OC(c2ccccc2Cl)=NC1=CN1CCN(C(=O)Nc2ccccc2)CC1. The average Bonchev–Trinajstić information content (AvgIpc) is 3.09. The first kappa shape index (κ1) is 19.0. The topological polar surface area (TPSA) is 74.2 Å². The van der Waals surface area contributed by atoms with Crippen LogP contribution in [0.4, 0.5) is 10.5 Å². The number of aliphatic imine (C=N–C) groups is 1. The average molecular weight is 411 g/mol. The summed E-state index contributed by atoms with van der Waals surface area (Å²) >= 11 is 6.15. The first-order chi connectivity index (χ1) is 14.1. The third-order valence-corrected chi connectivity index (χ3v) is 4.99. The minimum Gasteiger partial charge on any atom is -0.402 e. The number of carbonyl (C=O) groups excluding carboxylic acids is 2. The zero-order valence-electron chi connectivity index (χ0n) is 15.5. The van der Waals surface area contributed by atoms with Crippen LogP contribution in [0, 0.1) is 0 Å². The predicted molar refractivity (Wildman–Crippen MR) is 111 cm³/mol. The molecule has 8 heteroatoms. The Labute approximate surface area is 173 Å². The van der Waals surface area contributed by atoms with E-state index in [1.54, 1.807) is 35.4 Å². The van der Waals surface area contributed by atoms with Crippen molar-refractivity contribution in [1.82, 2.24) is 9.80 Å². The second kappa shape index (κ2) is 8.36. The van der Waals surface area contributed by atoms with Gasteiger partial charge in [0, 0.05) is 38.1 Å². The van der Waals surface area contributed by atoms with E-state index in [-0.39, 0.29) is 17.6 Å². The lowest BCUT2D eigenvalue weighted by Crippen LogP contribution is -2.48. The van der Waals surface area contributed by atoms with E-state index in [1.807, 2.05) is 35.2 Å². The largest absolute Gasteiger partial charge is 0.402 e. The molecule has 2 aliphatic heterocycles. The number of esters is 1. The van der Waals surface area contributed by atoms with E-state index in [9.17, 15) is 9.59 Å². The van der Waals surface area contributed by atoms with Gasteiger partial charge in [-0.2, -0.15) is 0 Å². The normalized spacial score (nSPS) is 17.9. The quantitative estimate of drug-likeness (QED) is 0.622. The highest BCUT2D eigenvalue weighted by molar-refractivity contribution is 6.34. The van der Waals surface area contributed by atoms with Crippen LogP contribution in [0.5, 0.6) is 0 Å². The van der Waals surface area contributed by atoms with Gasteiger partial charge in [0.25, 0.3) is 0 Å². The first-order valence-corrected chi connectivity index (χ1v) is 9.60. The number of halogens is 1. The number of urea groups is 1. The third-order valence-electron chi connectivity index (χ3n) is 4.66. The fourth-order valence-electron chi connectivity index (χ4n) is 3.10. The van der Waals surface area contributed by atoms with E-state index in [0.717, 1.165) is 5.69 Å². The van der Waals surface area contributed by atoms with E-state index in [4.69, 9.17) is 16.3 Å². The van der Waals surface area contributed by atoms with Crippen LogP contribution in [-0.4, -0.2) is 53.9 Å². The van der Waals surface area contributed by atoms with Gasteiger partial charge in [0.05, 0.1) is 10.6 Å². The van der Waals surface area contributed by atoms with E-state index >= 15 is 0 Å². The number of nitrogens with zero attached hydrogens (tertiary/aromatic N) is 3. The summed E-state index contributed by atoms with van der Waals surface area (Å²) in [6.45, 7) is 2.27. The monoisotopic (exact) mass is 410 g/mol. The molecular formula is C21H19ClN4O3. The summed E-state index contributed by atoms with van der Waals surface area (Å²) in [7, 11) is 0. The molecule has 0 bridgehead atoms. The number of hydrogen-bond donors (Lipinski definition) is 1. The second-order valence-electron chi connectivity index (χ2n) is 6.62. The zero-order valence-corrected chi connectivity index (χ0v) is 16.3. The molecule has 7 nitrogen and oxygen atoms in total. The molecule has 1 fully saturated rings. The maximum atomic E-state index is 12.4. The van der Waals surface area contributed by atoms with Crippen LogP contribution in [0.15, 0.2) is 71.5 Å². The molecular weight excluding hydrogens is 392 g/mol. The number of nitrogens with one attached hydrogen (secondary N) is 1. The van der Waals surface area contributed by atoms with Crippen molar-refractivity contribution >= 4 is 35.2 Å². The van der Waals surface area contributed by atoms with Crippen molar-refractivity contribution < 1.29 is 14.3 Å². The lowest BCUT2D eigenvalue weighted by molar-refractivity contribution is -0.130. The van der Waals surface area contributed by atoms with Crippen molar-refractivity contribution in [3.8, 4) is 0 Å². The molecule has 2 amide bonds. The van der Waals surface area contributed by atoms with Crippen molar-refractivity contribution in [2.45, 2.75) is 0 Å². The van der Waals surface area contributed by atoms with Gasteiger partial charge in [-0.25, -0.2) is 14.6 Å². The van der Waals surface area contributed by atoms with Gasteiger partial charge < -0.3 is 19.9 Å². The number of carbonyl (C=O) groups is 2. The standard InChI is InChI=1S/C21H19ClN4O3/c22-17-9-5-4-8-16(17)19-24-18(20(27)29-19)14-25-10-12-26(13-11-25)21(28)23-15-6-2-1-3-7-15/h1-9,14H,10-13H2,(H,23,28). The summed E-state index contributed by atoms with van der Waals surface area (Å²) in [5, 5.41) is 3.35. The van der Waals surface area contributed by atoms with E-state index in [1.165, 1.54) is 0 Å². The summed E-state index contributed by atoms with van der Waals surface area (Å²) in [4.78, 5) is 32.5. The van der Waals surface area contributed by atoms with Crippen molar-refractivity contribution in [1.29, 1.82) is 0 Å². The summed E-state index contributed by atoms with van der Waals surface area (Å²) < 4.78 is 5.27. The Bertz CT molecular complexity index is 982. The Hall–Kier alpha value is -3.32. The van der Waals surface area contributed by atoms with Crippen LogP contribution in [-0.2, 0) is 9.53 Å². The molecule has 148 valence electrons. The van der Waals surface area contributed by atoms with Crippen molar-refractivity contribution in [3.63, 3.8) is 0 Å². The minimum atomic E-state index is -0.510. The predicted octanol–water partition coefficient (Wildman–Crippen LogP) is 3.33. The molecule has 0 aliphatic carbocycles. The molecule has 0 spiro atoms. The van der Waals surface area contributed by atoms with Crippen LogP contribution in [0.3, 0.4) is 0 Å². The fourth-order valence-corrected chi connectivity index (χ4v) is 3.32. The summed E-state index contributed by atoms with van der Waals surface area (Å²) in [5.74, 6) is -0.308. The summed E-state index contributed by atoms with van der Waals surface area (Å²) in [5.41, 5.74) is 1.56. The number of piperazine rings is 1. The molecule has 1 N–H and O–H groups in total. The number of rotatable bonds is 3. The van der Waals surface area contributed by atoms with Crippen molar-refractivity contribution in [3.05, 3.63) is 77.1 Å². The maximum absolute atomic E-state index is 12.4. The molecule has 2 aromatic rings. The number of ether oxygens (including phenoxy) is 1. The lowest BCUT2D eigenvalue weighted by atomic mass is 10.2. The van der Waals surface area contributed by atoms with Gasteiger partial charge >= 0.3 is 12.0 Å². The molecule has 0 radical (unpaired) electrons. The van der Waals surface area contributed by atoms with Crippen molar-refractivity contribution in [2.75, 3.05) is 31.5 Å². The number of hydrogen-bond acceptors (Lipinski definition) is 5. The van der Waals surface area contributed by atoms with Crippen LogP contribution in [0.25, 0.3) is 0 Å².